The van der Waals surface area contributed by atoms with Crippen molar-refractivity contribution in [2.45, 2.75) is 6.92 Å². The van der Waals surface area contributed by atoms with E-state index >= 15 is 0 Å². The third-order valence-corrected chi connectivity index (χ3v) is 3.46. The summed E-state index contributed by atoms with van der Waals surface area (Å²) in [5.74, 6) is -0.751. The average Bonchev–Trinajstić information content (AvgIpc) is 2.55. The molecule has 0 unspecified atom stereocenters. The molecule has 0 saturated carbocycles. The number of anilines is 3. The smallest absolute Gasteiger partial charge is 0.260 e. The molecule has 0 aromatic heterocycles. The molecular weight excluding hydrogens is 272 g/mol. The number of para-hydroxylation sites is 1. The van der Waals surface area contributed by atoms with Crippen LogP contribution in [0, 0.1) is 0 Å². The van der Waals surface area contributed by atoms with Gasteiger partial charge in [-0.15, -0.1) is 0 Å². The summed E-state index contributed by atoms with van der Waals surface area (Å²) in [5, 5.41) is 32.5. The maximum absolute atomic E-state index is 12.6. The van der Waals surface area contributed by atoms with Gasteiger partial charge in [-0.1, -0.05) is 6.07 Å². The maximum atomic E-state index is 12.6. The Bertz CT molecular complexity index is 743. The Balaban J connectivity index is 2.32. The monoisotopic (exact) mass is 286 g/mol. The lowest BCUT2D eigenvalue weighted by atomic mass is 10.1. The fourth-order valence-corrected chi connectivity index (χ4v) is 2.48. The van der Waals surface area contributed by atoms with Crippen LogP contribution in [-0.4, -0.2) is 27.8 Å². The van der Waals surface area contributed by atoms with Gasteiger partial charge in [0, 0.05) is 18.7 Å². The van der Waals surface area contributed by atoms with Gasteiger partial charge in [0.1, 0.15) is 22.9 Å². The highest BCUT2D eigenvalue weighted by Gasteiger charge is 2.29. The lowest BCUT2D eigenvalue weighted by Crippen LogP contribution is -2.29. The fourth-order valence-electron chi connectivity index (χ4n) is 2.48. The van der Waals surface area contributed by atoms with Gasteiger partial charge in [0.2, 0.25) is 0 Å². The minimum Gasteiger partial charge on any atom is -0.508 e. The van der Waals surface area contributed by atoms with Crippen molar-refractivity contribution in [2.75, 3.05) is 16.8 Å². The molecule has 6 nitrogen and oxygen atoms in total. The molecule has 6 heteroatoms. The molecule has 1 amide bonds. The van der Waals surface area contributed by atoms with E-state index in [2.05, 4.69) is 5.32 Å². The number of carbonyl (C=O) groups excluding carboxylic acids is 1. The van der Waals surface area contributed by atoms with E-state index in [0.717, 1.165) is 0 Å². The van der Waals surface area contributed by atoms with Crippen LogP contribution in [0.2, 0.25) is 0 Å². The summed E-state index contributed by atoms with van der Waals surface area (Å²) in [5.41, 5.74) is 1.16. The van der Waals surface area contributed by atoms with E-state index in [0.29, 0.717) is 17.8 Å². The summed E-state index contributed by atoms with van der Waals surface area (Å²) in [6, 6.07) is 7.20. The number of nitrogens with zero attached hydrogens (tertiary/aromatic N) is 1. The first-order valence-corrected chi connectivity index (χ1v) is 6.49. The number of aromatic hydroxyl groups is 3. The third-order valence-electron chi connectivity index (χ3n) is 3.46. The normalized spacial score (nSPS) is 13.2. The molecule has 2 aromatic rings. The molecule has 0 fully saturated rings. The predicted molar refractivity (Wildman–Crippen MR) is 78.5 cm³/mol. The van der Waals surface area contributed by atoms with E-state index in [-0.39, 0.29) is 34.5 Å². The fraction of sp³-hybridized carbons (Fsp3) is 0.133. The van der Waals surface area contributed by atoms with Crippen molar-refractivity contribution in [3.8, 4) is 17.2 Å². The molecular formula is C15H14N2O4. The minimum absolute atomic E-state index is 0.0859. The van der Waals surface area contributed by atoms with Gasteiger partial charge in [0.25, 0.3) is 5.91 Å². The molecule has 1 aliphatic heterocycles. The summed E-state index contributed by atoms with van der Waals surface area (Å²) in [6.07, 6.45) is 0. The molecule has 2 aromatic carbocycles. The van der Waals surface area contributed by atoms with Crippen molar-refractivity contribution >= 4 is 23.0 Å². The van der Waals surface area contributed by atoms with Gasteiger partial charge in [0.05, 0.1) is 16.9 Å². The highest BCUT2D eigenvalue weighted by Crippen LogP contribution is 2.45. The number of hydrogen-bond donors (Lipinski definition) is 4. The number of phenols is 3. The molecule has 0 atom stereocenters. The quantitative estimate of drug-likeness (QED) is 0.477. The first-order chi connectivity index (χ1) is 10.0. The van der Waals surface area contributed by atoms with Crippen molar-refractivity contribution in [1.82, 2.24) is 0 Å². The molecule has 108 valence electrons. The molecule has 4 N–H and O–H groups in total. The number of carbonyl (C=O) groups is 1. The Hall–Kier alpha value is -2.89. The predicted octanol–water partition coefficient (Wildman–Crippen LogP) is 2.53. The van der Waals surface area contributed by atoms with Gasteiger partial charge in [-0.2, -0.15) is 0 Å². The van der Waals surface area contributed by atoms with Crippen molar-refractivity contribution in [3.05, 3.63) is 35.9 Å². The number of rotatable bonds is 1. The number of fused-ring (bicyclic) bond motifs is 2. The molecule has 0 saturated heterocycles. The minimum atomic E-state index is -0.320. The lowest BCUT2D eigenvalue weighted by molar-refractivity contribution is 0.0989. The molecule has 1 heterocycles. The summed E-state index contributed by atoms with van der Waals surface area (Å²) >= 11 is 0. The van der Waals surface area contributed by atoms with E-state index in [9.17, 15) is 20.1 Å². The van der Waals surface area contributed by atoms with E-state index in [1.807, 2.05) is 0 Å². The number of nitrogens with one attached hydrogen (secondary N) is 1. The molecule has 21 heavy (non-hydrogen) atoms. The second-order valence-corrected chi connectivity index (χ2v) is 4.73. The maximum Gasteiger partial charge on any atom is 0.260 e. The summed E-state index contributed by atoms with van der Waals surface area (Å²) in [4.78, 5) is 14.0. The highest BCUT2D eigenvalue weighted by molar-refractivity contribution is 6.15. The van der Waals surface area contributed by atoms with Crippen molar-refractivity contribution in [1.29, 1.82) is 0 Å². The zero-order chi connectivity index (χ0) is 15.1. The van der Waals surface area contributed by atoms with Crippen LogP contribution in [0.15, 0.2) is 30.3 Å². The van der Waals surface area contributed by atoms with Gasteiger partial charge in [-0.3, -0.25) is 4.79 Å². The SMILES string of the molecule is CCN1C(=O)c2cccc(O)c2Nc2c(O)cc(O)cc21. The first-order valence-electron chi connectivity index (χ1n) is 6.49. The van der Waals surface area contributed by atoms with Gasteiger partial charge in [-0.25, -0.2) is 0 Å². The van der Waals surface area contributed by atoms with Crippen LogP contribution in [0.25, 0.3) is 0 Å². The Kier molecular flexibility index (Phi) is 2.86. The van der Waals surface area contributed by atoms with Gasteiger partial charge >= 0.3 is 0 Å². The largest absolute Gasteiger partial charge is 0.508 e. The van der Waals surface area contributed by atoms with Gasteiger partial charge in [-0.05, 0) is 19.1 Å². The zero-order valence-corrected chi connectivity index (χ0v) is 11.3. The molecule has 3 rings (SSSR count). The standard InChI is InChI=1S/C15H14N2O4/c1-2-17-10-6-8(18)7-12(20)14(10)16-13-9(15(17)21)4-3-5-11(13)19/h3-7,16,18-20H,2H2,1H3. The number of phenolic OH excluding ortho intramolecular Hbond substituents is 3. The molecule has 0 aliphatic carbocycles. The van der Waals surface area contributed by atoms with Crippen LogP contribution in [0.1, 0.15) is 17.3 Å². The molecule has 1 aliphatic rings. The van der Waals surface area contributed by atoms with E-state index in [1.54, 1.807) is 19.1 Å². The van der Waals surface area contributed by atoms with Gasteiger partial charge in [0.15, 0.2) is 0 Å². The third kappa shape index (κ3) is 1.92. The Morgan fingerprint density at radius 2 is 1.86 bits per heavy atom. The lowest BCUT2D eigenvalue weighted by Gasteiger charge is -2.21. The van der Waals surface area contributed by atoms with Crippen LogP contribution < -0.4 is 10.2 Å². The van der Waals surface area contributed by atoms with Gasteiger partial charge < -0.3 is 25.5 Å². The van der Waals surface area contributed by atoms with E-state index in [4.69, 9.17) is 0 Å². The Morgan fingerprint density at radius 1 is 1.10 bits per heavy atom. The second kappa shape index (κ2) is 4.59. The van der Waals surface area contributed by atoms with Crippen LogP contribution in [0.4, 0.5) is 17.1 Å². The van der Waals surface area contributed by atoms with Crippen LogP contribution in [0.3, 0.4) is 0 Å². The number of hydrogen-bond acceptors (Lipinski definition) is 5. The zero-order valence-electron chi connectivity index (χ0n) is 11.3. The first kappa shape index (κ1) is 13.1. The Morgan fingerprint density at radius 3 is 2.57 bits per heavy atom. The molecule has 0 spiro atoms. The van der Waals surface area contributed by atoms with Crippen LogP contribution in [-0.2, 0) is 0 Å². The second-order valence-electron chi connectivity index (χ2n) is 4.73. The highest BCUT2D eigenvalue weighted by atomic mass is 16.3. The average molecular weight is 286 g/mol. The number of benzene rings is 2. The van der Waals surface area contributed by atoms with Crippen LogP contribution in [0.5, 0.6) is 17.2 Å². The Labute approximate surface area is 120 Å². The van der Waals surface area contributed by atoms with E-state index in [1.165, 1.54) is 23.1 Å². The van der Waals surface area contributed by atoms with Crippen molar-refractivity contribution in [2.24, 2.45) is 0 Å². The van der Waals surface area contributed by atoms with Crippen molar-refractivity contribution in [3.63, 3.8) is 0 Å². The van der Waals surface area contributed by atoms with Crippen LogP contribution >= 0.6 is 0 Å². The van der Waals surface area contributed by atoms with Crippen molar-refractivity contribution < 1.29 is 20.1 Å². The molecule has 0 bridgehead atoms. The molecule has 0 radical (unpaired) electrons. The summed E-state index contributed by atoms with van der Waals surface area (Å²) < 4.78 is 0. The number of amides is 1. The van der Waals surface area contributed by atoms with E-state index < -0.39 is 0 Å². The summed E-state index contributed by atoms with van der Waals surface area (Å²) in [7, 11) is 0. The topological polar surface area (TPSA) is 93.0 Å². The summed E-state index contributed by atoms with van der Waals surface area (Å²) in [6.45, 7) is 2.14.